The third-order valence-electron chi connectivity index (χ3n) is 4.43. The highest BCUT2D eigenvalue weighted by Gasteiger charge is 2.36. The molecule has 1 atom stereocenters. The predicted molar refractivity (Wildman–Crippen MR) is 103 cm³/mol. The molecule has 7 nitrogen and oxygen atoms in total. The first-order chi connectivity index (χ1) is 12.9. The van der Waals surface area contributed by atoms with Crippen molar-refractivity contribution in [3.05, 3.63) is 53.6 Å². The van der Waals surface area contributed by atoms with E-state index in [2.05, 4.69) is 5.10 Å². The van der Waals surface area contributed by atoms with Crippen LogP contribution < -0.4 is 14.2 Å². The van der Waals surface area contributed by atoms with Gasteiger partial charge >= 0.3 is 0 Å². The van der Waals surface area contributed by atoms with Crippen LogP contribution in [0.15, 0.2) is 47.6 Å². The number of para-hydroxylation sites is 1. The van der Waals surface area contributed by atoms with Gasteiger partial charge in [0.1, 0.15) is 5.75 Å². The van der Waals surface area contributed by atoms with Crippen LogP contribution in [0.2, 0.25) is 0 Å². The summed E-state index contributed by atoms with van der Waals surface area (Å²) in [6, 6.07) is 12.3. The molecule has 1 heterocycles. The Morgan fingerprint density at radius 3 is 2.26 bits per heavy atom. The number of hydrogen-bond acceptors (Lipinski definition) is 6. The summed E-state index contributed by atoms with van der Waals surface area (Å²) in [7, 11) is 1.10. The summed E-state index contributed by atoms with van der Waals surface area (Å²) in [6.07, 6.45) is 1.57. The number of hydrazone groups is 1. The van der Waals surface area contributed by atoms with Gasteiger partial charge in [0.05, 0.1) is 39.3 Å². The number of rotatable bonds is 6. The van der Waals surface area contributed by atoms with Gasteiger partial charge in [-0.2, -0.15) is 9.52 Å². The van der Waals surface area contributed by atoms with E-state index in [0.717, 1.165) is 22.0 Å². The fourth-order valence-electron chi connectivity index (χ4n) is 3.16. The van der Waals surface area contributed by atoms with Gasteiger partial charge in [-0.05, 0) is 35.9 Å². The van der Waals surface area contributed by atoms with E-state index in [4.69, 9.17) is 14.2 Å². The van der Waals surface area contributed by atoms with E-state index in [9.17, 15) is 8.42 Å². The zero-order chi connectivity index (χ0) is 19.6. The Balaban J connectivity index is 2.04. The molecule has 1 aliphatic rings. The second-order valence-corrected chi connectivity index (χ2v) is 7.95. The molecule has 0 N–H and O–H groups in total. The minimum absolute atomic E-state index is 0.420. The molecule has 0 amide bonds. The van der Waals surface area contributed by atoms with E-state index in [1.165, 1.54) is 7.11 Å². The molecule has 0 saturated heterocycles. The maximum atomic E-state index is 12.4. The number of ether oxygens (including phenoxy) is 3. The molecule has 0 saturated carbocycles. The molecule has 0 aliphatic carbocycles. The first-order valence-electron chi connectivity index (χ1n) is 8.31. The Morgan fingerprint density at radius 1 is 1.00 bits per heavy atom. The van der Waals surface area contributed by atoms with Crippen molar-refractivity contribution in [1.82, 2.24) is 4.41 Å². The van der Waals surface area contributed by atoms with E-state index >= 15 is 0 Å². The minimum Gasteiger partial charge on any atom is -0.497 e. The van der Waals surface area contributed by atoms with E-state index in [-0.39, 0.29) is 0 Å². The van der Waals surface area contributed by atoms with E-state index < -0.39 is 16.1 Å². The van der Waals surface area contributed by atoms with E-state index in [1.54, 1.807) is 20.3 Å². The minimum atomic E-state index is -3.57. The van der Waals surface area contributed by atoms with Gasteiger partial charge in [0, 0.05) is 12.0 Å². The molecule has 0 unspecified atom stereocenters. The van der Waals surface area contributed by atoms with E-state index in [0.29, 0.717) is 29.2 Å². The molecule has 0 fully saturated rings. The van der Waals surface area contributed by atoms with Crippen LogP contribution in [0.4, 0.5) is 0 Å². The van der Waals surface area contributed by atoms with Crippen LogP contribution in [0.25, 0.3) is 0 Å². The van der Waals surface area contributed by atoms with Crippen molar-refractivity contribution in [1.29, 1.82) is 0 Å². The Morgan fingerprint density at radius 2 is 1.70 bits per heavy atom. The summed E-state index contributed by atoms with van der Waals surface area (Å²) in [5.74, 6) is 1.77. The molecule has 0 spiro atoms. The molecule has 0 bridgehead atoms. The monoisotopic (exact) mass is 390 g/mol. The molecule has 2 aromatic carbocycles. The average molecular weight is 390 g/mol. The summed E-state index contributed by atoms with van der Waals surface area (Å²) >= 11 is 0. The maximum absolute atomic E-state index is 12.4. The molecule has 144 valence electrons. The molecular formula is C19H22N2O5S. The van der Waals surface area contributed by atoms with Crippen molar-refractivity contribution >= 4 is 15.7 Å². The van der Waals surface area contributed by atoms with Gasteiger partial charge in [-0.15, -0.1) is 0 Å². The molecule has 0 aromatic heterocycles. The zero-order valence-corrected chi connectivity index (χ0v) is 16.5. The second-order valence-electron chi connectivity index (χ2n) is 6.11. The predicted octanol–water partition coefficient (Wildman–Crippen LogP) is 2.82. The quantitative estimate of drug-likeness (QED) is 0.758. The zero-order valence-electron chi connectivity index (χ0n) is 15.7. The van der Waals surface area contributed by atoms with Gasteiger partial charge in [0.25, 0.3) is 0 Å². The van der Waals surface area contributed by atoms with Crippen LogP contribution in [-0.4, -0.2) is 46.1 Å². The van der Waals surface area contributed by atoms with Gasteiger partial charge in [0.15, 0.2) is 11.5 Å². The van der Waals surface area contributed by atoms with Gasteiger partial charge in [-0.3, -0.25) is 0 Å². The second kappa shape index (κ2) is 7.48. The fourth-order valence-corrected chi connectivity index (χ4v) is 4.06. The number of methoxy groups -OCH3 is 3. The smallest absolute Gasteiger partial charge is 0.247 e. The lowest BCUT2D eigenvalue weighted by Crippen LogP contribution is -2.26. The topological polar surface area (TPSA) is 77.4 Å². The lowest BCUT2D eigenvalue weighted by atomic mass is 9.98. The summed E-state index contributed by atoms with van der Waals surface area (Å²) in [6.45, 7) is 0. The van der Waals surface area contributed by atoms with Crippen LogP contribution in [-0.2, 0) is 10.0 Å². The standard InChI is InChI=1S/C19H22N2O5S/c1-24-14-10-8-13(9-11-14)16-12-17(21(20-16)27(4,22)23)15-6-5-7-18(25-2)19(15)26-3/h5-11,17H,12H2,1-4H3/t17-/m0/s1. The van der Waals surface area contributed by atoms with Crippen molar-refractivity contribution in [2.45, 2.75) is 12.5 Å². The van der Waals surface area contributed by atoms with Crippen LogP contribution in [0.1, 0.15) is 23.6 Å². The number of nitrogens with zero attached hydrogens (tertiary/aromatic N) is 2. The van der Waals surface area contributed by atoms with Gasteiger partial charge in [-0.25, -0.2) is 8.42 Å². The molecule has 3 rings (SSSR count). The highest BCUT2D eigenvalue weighted by molar-refractivity contribution is 7.88. The van der Waals surface area contributed by atoms with Gasteiger partial charge < -0.3 is 14.2 Å². The lowest BCUT2D eigenvalue weighted by molar-refractivity contribution is 0.329. The highest BCUT2D eigenvalue weighted by Crippen LogP contribution is 2.42. The van der Waals surface area contributed by atoms with Crippen LogP contribution in [0.5, 0.6) is 17.2 Å². The van der Waals surface area contributed by atoms with Crippen molar-refractivity contribution in [3.63, 3.8) is 0 Å². The van der Waals surface area contributed by atoms with E-state index in [1.807, 2.05) is 36.4 Å². The van der Waals surface area contributed by atoms with Crippen LogP contribution in [0.3, 0.4) is 0 Å². The van der Waals surface area contributed by atoms with Gasteiger partial charge in [-0.1, -0.05) is 12.1 Å². The molecule has 8 heteroatoms. The first kappa shape index (κ1) is 19.0. The number of benzene rings is 2. The Bertz CT molecular complexity index is 955. The molecule has 0 radical (unpaired) electrons. The molecule has 1 aliphatic heterocycles. The average Bonchev–Trinajstić information content (AvgIpc) is 3.13. The molecular weight excluding hydrogens is 368 g/mol. The van der Waals surface area contributed by atoms with Crippen molar-refractivity contribution in [3.8, 4) is 17.2 Å². The maximum Gasteiger partial charge on any atom is 0.247 e. The number of sulfonamides is 1. The summed E-state index contributed by atoms with van der Waals surface area (Å²) in [5.41, 5.74) is 2.22. The Labute approximate surface area is 159 Å². The van der Waals surface area contributed by atoms with Gasteiger partial charge in [0.2, 0.25) is 10.0 Å². The SMILES string of the molecule is COc1ccc(C2=NN(S(C)(=O)=O)[C@H](c3cccc(OC)c3OC)C2)cc1. The van der Waals surface area contributed by atoms with Crippen LogP contribution >= 0.6 is 0 Å². The Hall–Kier alpha value is -2.74. The fraction of sp³-hybridized carbons (Fsp3) is 0.316. The molecule has 2 aromatic rings. The van der Waals surface area contributed by atoms with Crippen molar-refractivity contribution in [2.75, 3.05) is 27.6 Å². The summed E-state index contributed by atoms with van der Waals surface area (Å²) in [4.78, 5) is 0. The molecule has 27 heavy (non-hydrogen) atoms. The van der Waals surface area contributed by atoms with Crippen molar-refractivity contribution in [2.24, 2.45) is 5.10 Å². The van der Waals surface area contributed by atoms with Crippen molar-refractivity contribution < 1.29 is 22.6 Å². The highest BCUT2D eigenvalue weighted by atomic mass is 32.2. The largest absolute Gasteiger partial charge is 0.497 e. The summed E-state index contributed by atoms with van der Waals surface area (Å²) < 4.78 is 41.9. The summed E-state index contributed by atoms with van der Waals surface area (Å²) in [5, 5.41) is 4.40. The lowest BCUT2D eigenvalue weighted by Gasteiger charge is -2.23. The third kappa shape index (κ3) is 3.71. The third-order valence-corrected chi connectivity index (χ3v) is 5.44. The normalized spacial score (nSPS) is 16.8. The Kier molecular flexibility index (Phi) is 5.27. The number of hydrogen-bond donors (Lipinski definition) is 0. The van der Waals surface area contributed by atoms with Crippen LogP contribution in [0, 0.1) is 0 Å². The first-order valence-corrected chi connectivity index (χ1v) is 10.2.